The lowest BCUT2D eigenvalue weighted by Gasteiger charge is -2.37. The van der Waals surface area contributed by atoms with Crippen LogP contribution >= 0.6 is 0 Å². The van der Waals surface area contributed by atoms with Crippen molar-refractivity contribution in [3.05, 3.63) is 54.7 Å². The highest BCUT2D eigenvalue weighted by Crippen LogP contribution is 2.36. The highest BCUT2D eigenvalue weighted by Gasteiger charge is 2.23. The smallest absolute Gasteiger partial charge is 0.0729 e. The highest BCUT2D eigenvalue weighted by molar-refractivity contribution is 5.88. The van der Waals surface area contributed by atoms with E-state index < -0.39 is 0 Å². The number of benzene rings is 2. The van der Waals surface area contributed by atoms with Crippen LogP contribution in [0.25, 0.3) is 22.0 Å². The number of anilines is 2. The zero-order valence-corrected chi connectivity index (χ0v) is 18.4. The van der Waals surface area contributed by atoms with E-state index in [9.17, 15) is 5.11 Å². The molecule has 1 aromatic heterocycles. The second kappa shape index (κ2) is 8.85. The van der Waals surface area contributed by atoms with Gasteiger partial charge in [0.2, 0.25) is 0 Å². The highest BCUT2D eigenvalue weighted by atomic mass is 16.3. The first-order chi connectivity index (χ1) is 15.2. The van der Waals surface area contributed by atoms with E-state index in [1.54, 1.807) is 0 Å². The van der Waals surface area contributed by atoms with E-state index in [0.29, 0.717) is 0 Å². The molecule has 2 saturated heterocycles. The minimum absolute atomic E-state index is 0.154. The summed E-state index contributed by atoms with van der Waals surface area (Å²) in [6.07, 6.45) is 3.53. The molecule has 0 unspecified atom stereocenters. The van der Waals surface area contributed by atoms with Crippen molar-refractivity contribution in [2.45, 2.75) is 25.9 Å². The van der Waals surface area contributed by atoms with Crippen LogP contribution in [-0.4, -0.2) is 66.9 Å². The van der Waals surface area contributed by atoms with E-state index in [-0.39, 0.29) is 6.10 Å². The Kier molecular flexibility index (Phi) is 5.79. The number of hydrogen-bond acceptors (Lipinski definition) is 5. The third-order valence-electron chi connectivity index (χ3n) is 6.88. The zero-order valence-electron chi connectivity index (χ0n) is 18.4. The second-order valence-corrected chi connectivity index (χ2v) is 8.76. The van der Waals surface area contributed by atoms with Gasteiger partial charge in [0.05, 0.1) is 11.8 Å². The summed E-state index contributed by atoms with van der Waals surface area (Å²) in [6, 6.07) is 17.5. The Bertz CT molecular complexity index is 1040. The molecule has 5 nitrogen and oxygen atoms in total. The summed E-state index contributed by atoms with van der Waals surface area (Å²) in [5, 5.41) is 12.3. The van der Waals surface area contributed by atoms with E-state index in [2.05, 4.69) is 70.2 Å². The molecule has 5 heteroatoms. The summed E-state index contributed by atoms with van der Waals surface area (Å²) < 4.78 is 0. The fraction of sp³-hybridized carbons (Fsp3) is 0.423. The van der Waals surface area contributed by atoms with E-state index >= 15 is 0 Å². The molecule has 2 aromatic carbocycles. The number of nitrogens with zero attached hydrogens (tertiary/aromatic N) is 4. The normalized spacial score (nSPS) is 18.6. The molecule has 162 valence electrons. The van der Waals surface area contributed by atoms with Crippen LogP contribution < -0.4 is 9.80 Å². The van der Waals surface area contributed by atoms with Gasteiger partial charge in [-0.1, -0.05) is 31.2 Å². The monoisotopic (exact) mass is 416 g/mol. The number of likely N-dealkylation sites (N-methyl/N-ethyl adjacent to an activating group) is 1. The Morgan fingerprint density at radius 1 is 0.871 bits per heavy atom. The number of fused-ring (bicyclic) bond motifs is 1. The largest absolute Gasteiger partial charge is 0.393 e. The van der Waals surface area contributed by atoms with Gasteiger partial charge in [-0.05, 0) is 49.0 Å². The van der Waals surface area contributed by atoms with Gasteiger partial charge in [0.1, 0.15) is 0 Å². The molecule has 2 fully saturated rings. The number of hydrogen-bond donors (Lipinski definition) is 1. The SMILES string of the molecule is CCN1CCN(c2cc(N3CCC(O)CC3)ccc2-c2cc3ccccc3cn2)CC1. The molecule has 3 heterocycles. The number of aliphatic hydroxyl groups excluding tert-OH is 1. The molecular formula is C26H32N4O. The Morgan fingerprint density at radius 2 is 1.61 bits per heavy atom. The number of piperidine rings is 1. The number of pyridine rings is 1. The lowest BCUT2D eigenvalue weighted by molar-refractivity contribution is 0.145. The van der Waals surface area contributed by atoms with Gasteiger partial charge in [-0.25, -0.2) is 0 Å². The summed E-state index contributed by atoms with van der Waals surface area (Å²) in [4.78, 5) is 12.3. The van der Waals surface area contributed by atoms with Gasteiger partial charge in [-0.15, -0.1) is 0 Å². The predicted molar refractivity (Wildman–Crippen MR) is 129 cm³/mol. The fourth-order valence-corrected chi connectivity index (χ4v) is 4.85. The molecule has 0 bridgehead atoms. The van der Waals surface area contributed by atoms with Crippen molar-refractivity contribution >= 4 is 22.1 Å². The minimum atomic E-state index is -0.154. The van der Waals surface area contributed by atoms with Crippen LogP contribution in [0.4, 0.5) is 11.4 Å². The van der Waals surface area contributed by atoms with Crippen LogP contribution in [0.3, 0.4) is 0 Å². The standard InChI is InChI=1S/C26H32N4O/c1-2-28-13-15-30(16-14-28)26-18-22(29-11-9-23(31)10-12-29)7-8-24(26)25-17-20-5-3-4-6-21(20)19-27-25/h3-8,17-19,23,31H,2,9-16H2,1H3. The van der Waals surface area contributed by atoms with Crippen molar-refractivity contribution < 1.29 is 5.11 Å². The molecule has 0 radical (unpaired) electrons. The number of aromatic nitrogens is 1. The summed E-state index contributed by atoms with van der Waals surface area (Å²) in [5.74, 6) is 0. The molecule has 0 aliphatic carbocycles. The van der Waals surface area contributed by atoms with Gasteiger partial charge in [0, 0.05) is 67.8 Å². The minimum Gasteiger partial charge on any atom is -0.393 e. The molecule has 3 aromatic rings. The van der Waals surface area contributed by atoms with E-state index in [4.69, 9.17) is 4.98 Å². The lowest BCUT2D eigenvalue weighted by atomic mass is 10.0. The number of rotatable bonds is 4. The van der Waals surface area contributed by atoms with Crippen molar-refractivity contribution in [2.75, 3.05) is 55.6 Å². The van der Waals surface area contributed by atoms with Gasteiger partial charge in [-0.2, -0.15) is 0 Å². The molecule has 31 heavy (non-hydrogen) atoms. The van der Waals surface area contributed by atoms with Crippen LogP contribution in [0, 0.1) is 0 Å². The first-order valence-electron chi connectivity index (χ1n) is 11.6. The predicted octanol–water partition coefficient (Wildman–Crippen LogP) is 4.00. The zero-order chi connectivity index (χ0) is 21.2. The number of aliphatic hydroxyl groups is 1. The molecule has 0 saturated carbocycles. The second-order valence-electron chi connectivity index (χ2n) is 8.76. The van der Waals surface area contributed by atoms with Gasteiger partial charge in [0.25, 0.3) is 0 Å². The summed E-state index contributed by atoms with van der Waals surface area (Å²) in [7, 11) is 0. The van der Waals surface area contributed by atoms with Crippen LogP contribution in [-0.2, 0) is 0 Å². The van der Waals surface area contributed by atoms with E-state index in [1.807, 2.05) is 6.20 Å². The molecule has 0 spiro atoms. The van der Waals surface area contributed by atoms with Crippen LogP contribution in [0.2, 0.25) is 0 Å². The van der Waals surface area contributed by atoms with Crippen molar-refractivity contribution in [2.24, 2.45) is 0 Å². The third-order valence-corrected chi connectivity index (χ3v) is 6.88. The van der Waals surface area contributed by atoms with Crippen molar-refractivity contribution in [3.63, 3.8) is 0 Å². The fourth-order valence-electron chi connectivity index (χ4n) is 4.85. The van der Waals surface area contributed by atoms with Crippen molar-refractivity contribution in [3.8, 4) is 11.3 Å². The van der Waals surface area contributed by atoms with Gasteiger partial charge in [0.15, 0.2) is 0 Å². The van der Waals surface area contributed by atoms with E-state index in [0.717, 1.165) is 64.3 Å². The summed E-state index contributed by atoms with van der Waals surface area (Å²) in [6.45, 7) is 9.46. The lowest BCUT2D eigenvalue weighted by Crippen LogP contribution is -2.46. The number of piperazine rings is 1. The first kappa shape index (κ1) is 20.3. The molecule has 5 rings (SSSR count). The van der Waals surface area contributed by atoms with Crippen molar-refractivity contribution in [1.82, 2.24) is 9.88 Å². The molecule has 0 atom stereocenters. The molecule has 0 amide bonds. The van der Waals surface area contributed by atoms with Gasteiger partial charge < -0.3 is 19.8 Å². The Morgan fingerprint density at radius 3 is 2.35 bits per heavy atom. The van der Waals surface area contributed by atoms with Crippen LogP contribution in [0.5, 0.6) is 0 Å². The molecule has 1 N–H and O–H groups in total. The molecular weight excluding hydrogens is 384 g/mol. The maximum absolute atomic E-state index is 9.91. The Hall–Kier alpha value is -2.63. The average Bonchev–Trinajstić information content (AvgIpc) is 2.84. The maximum Gasteiger partial charge on any atom is 0.0729 e. The Labute approximate surface area is 184 Å². The Balaban J connectivity index is 1.52. The molecule has 2 aliphatic rings. The maximum atomic E-state index is 9.91. The third kappa shape index (κ3) is 4.25. The summed E-state index contributed by atoms with van der Waals surface area (Å²) in [5.41, 5.74) is 4.77. The van der Waals surface area contributed by atoms with Crippen LogP contribution in [0.1, 0.15) is 19.8 Å². The van der Waals surface area contributed by atoms with Gasteiger partial charge >= 0.3 is 0 Å². The topological polar surface area (TPSA) is 42.8 Å². The van der Waals surface area contributed by atoms with Gasteiger partial charge in [-0.3, -0.25) is 4.98 Å². The van der Waals surface area contributed by atoms with Crippen LogP contribution in [0.15, 0.2) is 54.7 Å². The van der Waals surface area contributed by atoms with E-state index in [1.165, 1.54) is 27.7 Å². The quantitative estimate of drug-likeness (QED) is 0.696. The average molecular weight is 417 g/mol. The summed E-state index contributed by atoms with van der Waals surface area (Å²) >= 11 is 0. The molecule has 2 aliphatic heterocycles. The van der Waals surface area contributed by atoms with Crippen molar-refractivity contribution in [1.29, 1.82) is 0 Å². The first-order valence-corrected chi connectivity index (χ1v) is 11.6.